The molecule has 0 saturated carbocycles. The van der Waals surface area contributed by atoms with Crippen LogP contribution in [0.5, 0.6) is 0 Å². The molecule has 1 heterocycles. The molecule has 2 aromatic carbocycles. The highest BCUT2D eigenvalue weighted by atomic mass is 35.5. The maximum Gasteiger partial charge on any atom is 0.235 e. The molecule has 0 radical (unpaired) electrons. The van der Waals surface area contributed by atoms with E-state index < -0.39 is 21.5 Å². The SMILES string of the molecule is Cc1nc2ccccc2n1CCNC(=O)CS(=O)(=O)c1ccc(Cl)cc1. The highest BCUT2D eigenvalue weighted by Gasteiger charge is 2.19. The van der Waals surface area contributed by atoms with E-state index in [0.29, 0.717) is 18.1 Å². The molecule has 1 amide bonds. The zero-order valence-corrected chi connectivity index (χ0v) is 15.7. The van der Waals surface area contributed by atoms with Crippen molar-refractivity contribution in [1.82, 2.24) is 14.9 Å². The van der Waals surface area contributed by atoms with Crippen LogP contribution >= 0.6 is 11.6 Å². The zero-order valence-electron chi connectivity index (χ0n) is 14.1. The molecule has 0 aliphatic rings. The van der Waals surface area contributed by atoms with E-state index in [9.17, 15) is 13.2 Å². The first-order valence-corrected chi connectivity index (χ1v) is 10.1. The molecule has 136 valence electrons. The second-order valence-corrected chi connectivity index (χ2v) is 8.29. The number of halogens is 1. The lowest BCUT2D eigenvalue weighted by molar-refractivity contribution is -0.118. The Morgan fingerprint density at radius 3 is 2.58 bits per heavy atom. The summed E-state index contributed by atoms with van der Waals surface area (Å²) >= 11 is 5.76. The summed E-state index contributed by atoms with van der Waals surface area (Å²) in [5.41, 5.74) is 1.87. The molecule has 1 aromatic heterocycles. The standard InChI is InChI=1S/C18H18ClN3O3S/c1-13-21-16-4-2-3-5-17(16)22(13)11-10-20-18(23)12-26(24,25)15-8-6-14(19)7-9-15/h2-9H,10-12H2,1H3,(H,20,23). The predicted molar refractivity (Wildman–Crippen MR) is 101 cm³/mol. The Bertz CT molecular complexity index is 1040. The maximum atomic E-state index is 12.3. The number of fused-ring (bicyclic) bond motifs is 1. The number of nitrogens with zero attached hydrogens (tertiary/aromatic N) is 2. The number of hydrogen-bond donors (Lipinski definition) is 1. The third kappa shape index (κ3) is 4.05. The third-order valence-corrected chi connectivity index (χ3v) is 5.88. The molecule has 8 heteroatoms. The molecular weight excluding hydrogens is 374 g/mol. The number of hydrogen-bond acceptors (Lipinski definition) is 4. The second kappa shape index (κ2) is 7.47. The van der Waals surface area contributed by atoms with Crippen molar-refractivity contribution in [2.24, 2.45) is 0 Å². The number of amides is 1. The zero-order chi connectivity index (χ0) is 18.7. The van der Waals surface area contributed by atoms with Gasteiger partial charge in [0.25, 0.3) is 0 Å². The number of carbonyl (C=O) groups excluding carboxylic acids is 1. The molecule has 3 rings (SSSR count). The summed E-state index contributed by atoms with van der Waals surface area (Å²) in [4.78, 5) is 16.6. The molecule has 0 spiro atoms. The Labute approximate surface area is 156 Å². The molecule has 0 fully saturated rings. The van der Waals surface area contributed by atoms with E-state index in [0.717, 1.165) is 16.9 Å². The highest BCUT2D eigenvalue weighted by molar-refractivity contribution is 7.92. The van der Waals surface area contributed by atoms with Crippen molar-refractivity contribution in [3.05, 3.63) is 59.4 Å². The summed E-state index contributed by atoms with van der Waals surface area (Å²) in [7, 11) is -3.69. The van der Waals surface area contributed by atoms with E-state index in [2.05, 4.69) is 10.3 Å². The van der Waals surface area contributed by atoms with Crippen LogP contribution in [0.4, 0.5) is 0 Å². The van der Waals surface area contributed by atoms with Gasteiger partial charge in [-0.3, -0.25) is 4.79 Å². The summed E-state index contributed by atoms with van der Waals surface area (Å²) in [6, 6.07) is 13.5. The molecule has 26 heavy (non-hydrogen) atoms. The number of para-hydroxylation sites is 2. The first-order valence-electron chi connectivity index (χ1n) is 8.04. The molecule has 3 aromatic rings. The van der Waals surface area contributed by atoms with Gasteiger partial charge in [-0.05, 0) is 43.3 Å². The quantitative estimate of drug-likeness (QED) is 0.700. The molecule has 0 bridgehead atoms. The van der Waals surface area contributed by atoms with Gasteiger partial charge in [0.2, 0.25) is 5.91 Å². The number of carbonyl (C=O) groups is 1. The van der Waals surface area contributed by atoms with E-state index >= 15 is 0 Å². The van der Waals surface area contributed by atoms with Crippen LogP contribution in [0.3, 0.4) is 0 Å². The van der Waals surface area contributed by atoms with Gasteiger partial charge in [0, 0.05) is 18.1 Å². The average molecular weight is 392 g/mol. The van der Waals surface area contributed by atoms with Gasteiger partial charge >= 0.3 is 0 Å². The van der Waals surface area contributed by atoms with Crippen LogP contribution in [0.15, 0.2) is 53.4 Å². The number of rotatable bonds is 6. The fourth-order valence-corrected chi connectivity index (χ4v) is 4.02. The Kier molecular flexibility index (Phi) is 5.29. The van der Waals surface area contributed by atoms with Crippen molar-refractivity contribution in [1.29, 1.82) is 0 Å². The van der Waals surface area contributed by atoms with Crippen molar-refractivity contribution < 1.29 is 13.2 Å². The van der Waals surface area contributed by atoms with Gasteiger partial charge in [0.15, 0.2) is 9.84 Å². The summed E-state index contributed by atoms with van der Waals surface area (Å²) in [5, 5.41) is 3.10. The molecular formula is C18H18ClN3O3S. The minimum atomic E-state index is -3.69. The predicted octanol–water partition coefficient (Wildman–Crippen LogP) is 2.59. The highest BCUT2D eigenvalue weighted by Crippen LogP contribution is 2.16. The topological polar surface area (TPSA) is 81.1 Å². The summed E-state index contributed by atoms with van der Waals surface area (Å²) in [6.45, 7) is 2.72. The van der Waals surface area contributed by atoms with Gasteiger partial charge < -0.3 is 9.88 Å². The monoisotopic (exact) mass is 391 g/mol. The van der Waals surface area contributed by atoms with E-state index in [1.54, 1.807) is 0 Å². The molecule has 0 aliphatic carbocycles. The number of sulfone groups is 1. The van der Waals surface area contributed by atoms with Crippen LogP contribution in [-0.2, 0) is 21.2 Å². The normalized spacial score (nSPS) is 11.6. The fourth-order valence-electron chi connectivity index (χ4n) is 2.73. The van der Waals surface area contributed by atoms with Gasteiger partial charge in [-0.2, -0.15) is 0 Å². The second-order valence-electron chi connectivity index (χ2n) is 5.86. The molecule has 1 N–H and O–H groups in total. The van der Waals surface area contributed by atoms with Gasteiger partial charge in [-0.1, -0.05) is 23.7 Å². The third-order valence-electron chi connectivity index (χ3n) is 4.00. The van der Waals surface area contributed by atoms with Gasteiger partial charge in [0.1, 0.15) is 11.6 Å². The lowest BCUT2D eigenvalue weighted by Gasteiger charge is -2.09. The van der Waals surface area contributed by atoms with Crippen molar-refractivity contribution >= 4 is 38.4 Å². The summed E-state index contributed by atoms with van der Waals surface area (Å²) < 4.78 is 26.5. The van der Waals surface area contributed by atoms with E-state index in [1.165, 1.54) is 24.3 Å². The Morgan fingerprint density at radius 2 is 1.85 bits per heavy atom. The Morgan fingerprint density at radius 1 is 1.15 bits per heavy atom. The fraction of sp³-hybridized carbons (Fsp3) is 0.222. The van der Waals surface area contributed by atoms with Crippen molar-refractivity contribution in [2.45, 2.75) is 18.4 Å². The maximum absolute atomic E-state index is 12.3. The van der Waals surface area contributed by atoms with Crippen LogP contribution in [0, 0.1) is 6.92 Å². The minimum absolute atomic E-state index is 0.0773. The van der Waals surface area contributed by atoms with Gasteiger partial charge in [-0.15, -0.1) is 0 Å². The first kappa shape index (κ1) is 18.4. The van der Waals surface area contributed by atoms with Crippen LogP contribution in [0.2, 0.25) is 5.02 Å². The minimum Gasteiger partial charge on any atom is -0.353 e. The largest absolute Gasteiger partial charge is 0.353 e. The molecule has 0 saturated heterocycles. The number of nitrogens with one attached hydrogen (secondary N) is 1. The number of imidazole rings is 1. The van der Waals surface area contributed by atoms with Crippen molar-refractivity contribution in [3.8, 4) is 0 Å². The Balaban J connectivity index is 1.60. The van der Waals surface area contributed by atoms with Gasteiger partial charge in [-0.25, -0.2) is 13.4 Å². The van der Waals surface area contributed by atoms with E-state index in [4.69, 9.17) is 11.6 Å². The molecule has 0 aliphatic heterocycles. The van der Waals surface area contributed by atoms with E-state index in [1.807, 2.05) is 35.8 Å². The van der Waals surface area contributed by atoms with Crippen LogP contribution in [-0.4, -0.2) is 36.2 Å². The van der Waals surface area contributed by atoms with Crippen LogP contribution in [0.25, 0.3) is 11.0 Å². The molecule has 0 unspecified atom stereocenters. The molecule has 0 atom stereocenters. The summed E-state index contributed by atoms with van der Waals surface area (Å²) in [6.07, 6.45) is 0. The lowest BCUT2D eigenvalue weighted by Crippen LogP contribution is -2.32. The number of aryl methyl sites for hydroxylation is 1. The first-order chi connectivity index (χ1) is 12.4. The number of benzene rings is 2. The van der Waals surface area contributed by atoms with Crippen molar-refractivity contribution in [3.63, 3.8) is 0 Å². The van der Waals surface area contributed by atoms with Crippen LogP contribution < -0.4 is 5.32 Å². The Hall–Kier alpha value is -2.38. The van der Waals surface area contributed by atoms with Gasteiger partial charge in [0.05, 0.1) is 15.9 Å². The average Bonchev–Trinajstić information content (AvgIpc) is 2.90. The summed E-state index contributed by atoms with van der Waals surface area (Å²) in [5.74, 6) is -0.297. The number of aromatic nitrogens is 2. The lowest BCUT2D eigenvalue weighted by atomic mass is 10.3. The van der Waals surface area contributed by atoms with Crippen molar-refractivity contribution in [2.75, 3.05) is 12.3 Å². The van der Waals surface area contributed by atoms with E-state index in [-0.39, 0.29) is 4.90 Å². The molecule has 6 nitrogen and oxygen atoms in total. The smallest absolute Gasteiger partial charge is 0.235 e. The van der Waals surface area contributed by atoms with Crippen LogP contribution in [0.1, 0.15) is 5.82 Å².